The van der Waals surface area contributed by atoms with Crippen LogP contribution >= 0.6 is 0 Å². The molecule has 6 amide bonds. The first kappa shape index (κ1) is 12.9. The van der Waals surface area contributed by atoms with E-state index in [0.29, 0.717) is 17.2 Å². The number of β-lactam (4-membered cyclic amide) rings is 4. The van der Waals surface area contributed by atoms with E-state index in [0.717, 1.165) is 4.90 Å². The maximum Gasteiger partial charge on any atom is 0.410 e. The summed E-state index contributed by atoms with van der Waals surface area (Å²) in [5, 5.41) is 0. The summed E-state index contributed by atoms with van der Waals surface area (Å²) in [7, 11) is 0.630. The van der Waals surface area contributed by atoms with E-state index in [-0.39, 0.29) is 19.4 Å². The summed E-state index contributed by atoms with van der Waals surface area (Å²) in [5.74, 6) is -3.84. The van der Waals surface area contributed by atoms with Crippen molar-refractivity contribution in [2.45, 2.75) is 6.92 Å². The van der Waals surface area contributed by atoms with E-state index in [4.69, 9.17) is 0 Å². The van der Waals surface area contributed by atoms with Gasteiger partial charge in [0, 0.05) is 6.54 Å². The van der Waals surface area contributed by atoms with Crippen molar-refractivity contribution in [1.82, 2.24) is 14.5 Å². The molecule has 97 valence electrons. The predicted molar refractivity (Wildman–Crippen MR) is 56.4 cm³/mol. The number of carbonyl (C=O) groups excluding carboxylic acids is 6. The zero-order chi connectivity index (χ0) is 14.4. The maximum absolute atomic E-state index is 11.8. The van der Waals surface area contributed by atoms with Crippen LogP contribution in [0.25, 0.3) is 0 Å². The van der Waals surface area contributed by atoms with Crippen LogP contribution in [0.2, 0.25) is 0 Å². The molecule has 2 rings (SSSR count). The molecular formula is C9H7BN3O6. The molecule has 19 heavy (non-hydrogen) atoms. The summed E-state index contributed by atoms with van der Waals surface area (Å²) in [5.41, 5.74) is -2.29. The van der Waals surface area contributed by atoms with Gasteiger partial charge in [0.25, 0.3) is 29.0 Å². The molecule has 9 nitrogen and oxygen atoms in total. The molecule has 2 aliphatic rings. The molecule has 0 aromatic rings. The van der Waals surface area contributed by atoms with Crippen molar-refractivity contribution in [3.8, 4) is 0 Å². The molecule has 0 aliphatic carbocycles. The van der Waals surface area contributed by atoms with Gasteiger partial charge in [-0.05, 0) is 6.92 Å². The van der Waals surface area contributed by atoms with E-state index in [1.54, 1.807) is 0 Å². The van der Waals surface area contributed by atoms with Crippen molar-refractivity contribution >= 4 is 44.0 Å². The third-order valence-electron chi connectivity index (χ3n) is 3.02. The molecule has 1 radical (unpaired) electrons. The lowest BCUT2D eigenvalue weighted by molar-refractivity contribution is -0.194. The zero-order valence-electron chi connectivity index (χ0n) is 9.73. The Morgan fingerprint density at radius 3 is 1.89 bits per heavy atom. The Morgan fingerprint density at radius 2 is 1.53 bits per heavy atom. The first-order valence-corrected chi connectivity index (χ1v) is 5.24. The highest BCUT2D eigenvalue weighted by molar-refractivity contribution is 6.62. The second-order valence-electron chi connectivity index (χ2n) is 3.86. The van der Waals surface area contributed by atoms with Crippen LogP contribution in [0.15, 0.2) is 0 Å². The van der Waals surface area contributed by atoms with Gasteiger partial charge in [0.05, 0.1) is 0 Å². The minimum absolute atomic E-state index is 0.0679. The van der Waals surface area contributed by atoms with E-state index in [1.165, 1.54) is 6.92 Å². The third kappa shape index (κ3) is 1.25. The van der Waals surface area contributed by atoms with Crippen LogP contribution in [-0.2, 0) is 28.8 Å². The summed E-state index contributed by atoms with van der Waals surface area (Å²) >= 11 is 0. The molecule has 2 heterocycles. The first-order valence-electron chi connectivity index (χ1n) is 5.24. The van der Waals surface area contributed by atoms with Gasteiger partial charge in [0.15, 0.2) is 0 Å². The SMILES string of the molecule is CCN1C(=O)C2(C(=O)N([B]N(C=O)C=O)C2=O)C1=O. The number of hydrogen-bond donors (Lipinski definition) is 0. The quantitative estimate of drug-likeness (QED) is 0.225. The molecule has 0 atom stereocenters. The summed E-state index contributed by atoms with van der Waals surface area (Å²) in [6, 6.07) is 0. The molecule has 0 aromatic carbocycles. The van der Waals surface area contributed by atoms with Crippen LogP contribution in [-0.4, -0.2) is 65.1 Å². The number of amides is 6. The van der Waals surface area contributed by atoms with E-state index >= 15 is 0 Å². The van der Waals surface area contributed by atoms with Gasteiger partial charge < -0.3 is 9.62 Å². The molecule has 0 bridgehead atoms. The molecule has 1 spiro atoms. The van der Waals surface area contributed by atoms with Gasteiger partial charge in [0.1, 0.15) is 0 Å². The lowest BCUT2D eigenvalue weighted by Crippen LogP contribution is -2.85. The molecule has 0 saturated carbocycles. The number of nitrogens with zero attached hydrogens (tertiary/aromatic N) is 3. The Morgan fingerprint density at radius 1 is 1.05 bits per heavy atom. The third-order valence-corrected chi connectivity index (χ3v) is 3.02. The minimum atomic E-state index is -2.29. The highest BCUT2D eigenvalue weighted by Crippen LogP contribution is 2.44. The van der Waals surface area contributed by atoms with Gasteiger partial charge in [-0.2, -0.15) is 0 Å². The second-order valence-corrected chi connectivity index (χ2v) is 3.86. The molecular weight excluding hydrogens is 257 g/mol. The normalized spacial score (nSPS) is 20.1. The fourth-order valence-electron chi connectivity index (χ4n) is 2.00. The van der Waals surface area contributed by atoms with E-state index < -0.39 is 29.0 Å². The molecule has 0 unspecified atom stereocenters. The molecule has 10 heteroatoms. The van der Waals surface area contributed by atoms with Gasteiger partial charge in [-0.25, -0.2) is 0 Å². The lowest BCUT2D eigenvalue weighted by atomic mass is 9.66. The Kier molecular flexibility index (Phi) is 2.72. The molecule has 0 N–H and O–H groups in total. The minimum Gasteiger partial charge on any atom is -0.314 e. The Labute approximate surface area is 107 Å². The van der Waals surface area contributed by atoms with Gasteiger partial charge in [0.2, 0.25) is 12.8 Å². The van der Waals surface area contributed by atoms with Crippen molar-refractivity contribution < 1.29 is 28.8 Å². The average molecular weight is 264 g/mol. The van der Waals surface area contributed by atoms with Crippen molar-refractivity contribution in [1.29, 1.82) is 0 Å². The Hall–Kier alpha value is -2.52. The summed E-state index contributed by atoms with van der Waals surface area (Å²) < 4.78 is 0. The summed E-state index contributed by atoms with van der Waals surface area (Å²) in [4.78, 5) is 69.2. The van der Waals surface area contributed by atoms with Gasteiger partial charge in [-0.1, -0.05) is 0 Å². The van der Waals surface area contributed by atoms with Crippen LogP contribution in [0.4, 0.5) is 0 Å². The van der Waals surface area contributed by atoms with Gasteiger partial charge in [-0.3, -0.25) is 33.7 Å². The Balaban J connectivity index is 2.19. The lowest BCUT2D eigenvalue weighted by Gasteiger charge is -2.52. The van der Waals surface area contributed by atoms with E-state index in [9.17, 15) is 28.8 Å². The Bertz CT molecular complexity index is 490. The smallest absolute Gasteiger partial charge is 0.314 e. The first-order chi connectivity index (χ1) is 8.96. The molecule has 0 aromatic heterocycles. The highest BCUT2D eigenvalue weighted by Gasteiger charge is 2.79. The van der Waals surface area contributed by atoms with Gasteiger partial charge >= 0.3 is 7.55 Å². The predicted octanol–water partition coefficient (Wildman–Crippen LogP) is -3.12. The van der Waals surface area contributed by atoms with Crippen molar-refractivity contribution in [3.63, 3.8) is 0 Å². The number of rotatable bonds is 5. The summed E-state index contributed by atoms with van der Waals surface area (Å²) in [6.45, 7) is 1.60. The van der Waals surface area contributed by atoms with E-state index in [1.807, 2.05) is 0 Å². The van der Waals surface area contributed by atoms with Crippen LogP contribution in [0.1, 0.15) is 6.92 Å². The number of imide groups is 3. The van der Waals surface area contributed by atoms with Crippen LogP contribution in [0, 0.1) is 5.41 Å². The van der Waals surface area contributed by atoms with Crippen molar-refractivity contribution in [3.05, 3.63) is 0 Å². The molecule has 2 fully saturated rings. The average Bonchev–Trinajstić information content (AvgIpc) is 2.41. The summed E-state index contributed by atoms with van der Waals surface area (Å²) in [6.07, 6.45) is 0.142. The van der Waals surface area contributed by atoms with Gasteiger partial charge in [-0.15, -0.1) is 0 Å². The maximum atomic E-state index is 11.8. The zero-order valence-corrected chi connectivity index (χ0v) is 9.73. The molecule has 2 aliphatic heterocycles. The van der Waals surface area contributed by atoms with Crippen LogP contribution in [0.5, 0.6) is 0 Å². The largest absolute Gasteiger partial charge is 0.410 e. The standard InChI is InChI=1S/C9H7BN3O6/c1-2-12-5(16)9(6(12)17)7(18)13(8(9)19)10-11(3-14)4-15/h3-4H,2H2,1H3. The fraction of sp³-hybridized carbons (Fsp3) is 0.333. The molecule has 2 saturated heterocycles. The monoisotopic (exact) mass is 264 g/mol. The van der Waals surface area contributed by atoms with Crippen molar-refractivity contribution in [2.75, 3.05) is 6.54 Å². The number of likely N-dealkylation sites (tertiary alicyclic amines) is 1. The second kappa shape index (κ2) is 4.00. The van der Waals surface area contributed by atoms with Crippen LogP contribution in [0.3, 0.4) is 0 Å². The topological polar surface area (TPSA) is 112 Å². The fourth-order valence-corrected chi connectivity index (χ4v) is 2.00. The highest BCUT2D eigenvalue weighted by atomic mass is 16.2. The van der Waals surface area contributed by atoms with Crippen LogP contribution < -0.4 is 0 Å². The van der Waals surface area contributed by atoms with Crippen molar-refractivity contribution in [2.24, 2.45) is 5.41 Å². The van der Waals surface area contributed by atoms with E-state index in [2.05, 4.69) is 0 Å². The number of carbonyl (C=O) groups is 6. The number of hydrogen-bond acceptors (Lipinski definition) is 6.